The van der Waals surface area contributed by atoms with Crippen molar-refractivity contribution in [1.29, 1.82) is 0 Å². The van der Waals surface area contributed by atoms with E-state index in [1.807, 2.05) is 65.1 Å². The number of aryl methyl sites for hydroxylation is 2. The molecule has 1 heterocycles. The van der Waals surface area contributed by atoms with E-state index in [-0.39, 0.29) is 5.41 Å². The van der Waals surface area contributed by atoms with Crippen LogP contribution in [0, 0.1) is 19.3 Å². The van der Waals surface area contributed by atoms with Gasteiger partial charge < -0.3 is 5.11 Å². The number of benzene rings is 1. The van der Waals surface area contributed by atoms with E-state index in [1.54, 1.807) is 0 Å². The van der Waals surface area contributed by atoms with Crippen LogP contribution in [0.3, 0.4) is 0 Å². The number of nitrogens with zero attached hydrogens (tertiary/aromatic N) is 2. The Bertz CT molecular complexity index is 618. The number of hydrogen-bond donors (Lipinski definition) is 1. The summed E-state index contributed by atoms with van der Waals surface area (Å²) in [5, 5.41) is 11.0. The van der Waals surface area contributed by atoms with Crippen molar-refractivity contribution >= 4 is 11.8 Å². The SMILES string of the molecule is Cc1cnc(Sc2ccc(C(O)C(C)(C)C)cc2)nc1C. The van der Waals surface area contributed by atoms with E-state index in [9.17, 15) is 5.11 Å². The highest BCUT2D eigenvalue weighted by molar-refractivity contribution is 7.99. The van der Waals surface area contributed by atoms with Crippen LogP contribution in [-0.2, 0) is 0 Å². The molecule has 112 valence electrons. The van der Waals surface area contributed by atoms with E-state index in [0.717, 1.165) is 26.9 Å². The highest BCUT2D eigenvalue weighted by Gasteiger charge is 2.23. The summed E-state index contributed by atoms with van der Waals surface area (Å²) >= 11 is 1.53. The predicted octanol–water partition coefficient (Wildman–Crippen LogP) is 4.32. The lowest BCUT2D eigenvalue weighted by Crippen LogP contribution is -2.17. The summed E-state index contributed by atoms with van der Waals surface area (Å²) in [5.74, 6) is 0. The van der Waals surface area contributed by atoms with Crippen LogP contribution >= 0.6 is 11.8 Å². The topological polar surface area (TPSA) is 46.0 Å². The Morgan fingerprint density at radius 3 is 2.24 bits per heavy atom. The molecule has 0 saturated heterocycles. The molecule has 0 radical (unpaired) electrons. The monoisotopic (exact) mass is 302 g/mol. The number of aromatic nitrogens is 2. The third kappa shape index (κ3) is 4.05. The van der Waals surface area contributed by atoms with Gasteiger partial charge in [0.2, 0.25) is 0 Å². The lowest BCUT2D eigenvalue weighted by Gasteiger charge is -2.26. The summed E-state index contributed by atoms with van der Waals surface area (Å²) in [6.07, 6.45) is 1.39. The summed E-state index contributed by atoms with van der Waals surface area (Å²) in [6.45, 7) is 10.1. The number of aliphatic hydroxyl groups is 1. The van der Waals surface area contributed by atoms with Gasteiger partial charge in [0.1, 0.15) is 0 Å². The molecule has 1 N–H and O–H groups in total. The minimum atomic E-state index is -0.464. The van der Waals surface area contributed by atoms with E-state index < -0.39 is 6.10 Å². The number of hydrogen-bond acceptors (Lipinski definition) is 4. The van der Waals surface area contributed by atoms with Crippen LogP contribution in [-0.4, -0.2) is 15.1 Å². The van der Waals surface area contributed by atoms with Crippen LogP contribution in [0.15, 0.2) is 40.5 Å². The molecular formula is C17H22N2OS. The van der Waals surface area contributed by atoms with Gasteiger partial charge in [0.25, 0.3) is 0 Å². The first-order chi connectivity index (χ1) is 9.77. The maximum atomic E-state index is 10.3. The number of rotatable bonds is 3. The first kappa shape index (κ1) is 16.0. The fraction of sp³-hybridized carbons (Fsp3) is 0.412. The lowest BCUT2D eigenvalue weighted by atomic mass is 9.85. The zero-order chi connectivity index (χ0) is 15.6. The second-order valence-electron chi connectivity index (χ2n) is 6.36. The molecule has 0 aliphatic carbocycles. The van der Waals surface area contributed by atoms with Crippen LogP contribution < -0.4 is 0 Å². The molecule has 0 spiro atoms. The quantitative estimate of drug-likeness (QED) is 0.857. The standard InChI is InChI=1S/C17H22N2OS/c1-11-10-18-16(19-12(11)2)21-14-8-6-13(7-9-14)15(20)17(3,4)5/h6-10,15,20H,1-5H3. The Balaban J connectivity index is 2.14. The highest BCUT2D eigenvalue weighted by atomic mass is 32.2. The Labute approximate surface area is 130 Å². The maximum absolute atomic E-state index is 10.3. The molecule has 1 aromatic carbocycles. The van der Waals surface area contributed by atoms with E-state index in [0.29, 0.717) is 0 Å². The van der Waals surface area contributed by atoms with Crippen LogP contribution in [0.4, 0.5) is 0 Å². The van der Waals surface area contributed by atoms with Crippen molar-refractivity contribution in [2.45, 2.75) is 50.8 Å². The Hall–Kier alpha value is -1.39. The predicted molar refractivity (Wildman–Crippen MR) is 86.5 cm³/mol. The first-order valence-corrected chi connectivity index (χ1v) is 7.85. The van der Waals surface area contributed by atoms with Crippen molar-refractivity contribution in [2.24, 2.45) is 5.41 Å². The average Bonchev–Trinajstić information content (AvgIpc) is 2.42. The fourth-order valence-corrected chi connectivity index (χ4v) is 2.65. The minimum Gasteiger partial charge on any atom is -0.388 e. The van der Waals surface area contributed by atoms with Gasteiger partial charge in [-0.15, -0.1) is 0 Å². The molecule has 3 nitrogen and oxygen atoms in total. The maximum Gasteiger partial charge on any atom is 0.192 e. The van der Waals surface area contributed by atoms with Gasteiger partial charge in [0, 0.05) is 16.8 Å². The van der Waals surface area contributed by atoms with Crippen molar-refractivity contribution in [1.82, 2.24) is 9.97 Å². The van der Waals surface area contributed by atoms with Crippen molar-refractivity contribution in [3.05, 3.63) is 47.3 Å². The molecule has 0 bridgehead atoms. The molecule has 4 heteroatoms. The molecule has 1 unspecified atom stereocenters. The molecule has 0 fully saturated rings. The zero-order valence-corrected chi connectivity index (χ0v) is 14.0. The fourth-order valence-electron chi connectivity index (χ4n) is 1.88. The van der Waals surface area contributed by atoms with Crippen LogP contribution in [0.25, 0.3) is 0 Å². The second kappa shape index (κ2) is 6.16. The van der Waals surface area contributed by atoms with Gasteiger partial charge in [0.15, 0.2) is 5.16 Å². The first-order valence-electron chi connectivity index (χ1n) is 7.03. The smallest absolute Gasteiger partial charge is 0.192 e. The van der Waals surface area contributed by atoms with Gasteiger partial charge in [-0.05, 0) is 54.3 Å². The summed E-state index contributed by atoms with van der Waals surface area (Å²) in [4.78, 5) is 9.87. The Morgan fingerprint density at radius 1 is 1.10 bits per heavy atom. The van der Waals surface area contributed by atoms with Crippen molar-refractivity contribution in [3.8, 4) is 0 Å². The molecule has 2 aromatic rings. The molecule has 1 atom stereocenters. The van der Waals surface area contributed by atoms with Crippen molar-refractivity contribution in [3.63, 3.8) is 0 Å². The second-order valence-corrected chi connectivity index (χ2v) is 7.40. The largest absolute Gasteiger partial charge is 0.388 e. The van der Waals surface area contributed by atoms with E-state index in [1.165, 1.54) is 11.8 Å². The molecule has 0 amide bonds. The molecule has 1 aromatic heterocycles. The molecular weight excluding hydrogens is 280 g/mol. The van der Waals surface area contributed by atoms with Crippen LogP contribution in [0.5, 0.6) is 0 Å². The molecule has 0 aliphatic rings. The van der Waals surface area contributed by atoms with Crippen molar-refractivity contribution < 1.29 is 5.11 Å². The Morgan fingerprint density at radius 2 is 1.71 bits per heavy atom. The van der Waals surface area contributed by atoms with Crippen molar-refractivity contribution in [2.75, 3.05) is 0 Å². The van der Waals surface area contributed by atoms with Gasteiger partial charge in [-0.2, -0.15) is 0 Å². The average molecular weight is 302 g/mol. The van der Waals surface area contributed by atoms with E-state index in [2.05, 4.69) is 9.97 Å². The van der Waals surface area contributed by atoms with E-state index >= 15 is 0 Å². The van der Waals surface area contributed by atoms with E-state index in [4.69, 9.17) is 0 Å². The normalized spacial score (nSPS) is 13.2. The summed E-state index contributed by atoms with van der Waals surface area (Å²) < 4.78 is 0. The van der Waals surface area contributed by atoms with Gasteiger partial charge in [-0.3, -0.25) is 0 Å². The molecule has 21 heavy (non-hydrogen) atoms. The third-order valence-electron chi connectivity index (χ3n) is 3.43. The summed E-state index contributed by atoms with van der Waals surface area (Å²) in [6, 6.07) is 7.96. The van der Waals surface area contributed by atoms with Gasteiger partial charge in [-0.25, -0.2) is 9.97 Å². The molecule has 2 rings (SSSR count). The minimum absolute atomic E-state index is 0.161. The highest BCUT2D eigenvalue weighted by Crippen LogP contribution is 2.34. The summed E-state index contributed by atoms with van der Waals surface area (Å²) in [5.41, 5.74) is 2.88. The molecule has 0 aliphatic heterocycles. The van der Waals surface area contributed by atoms with Gasteiger partial charge >= 0.3 is 0 Å². The third-order valence-corrected chi connectivity index (χ3v) is 4.32. The number of aliphatic hydroxyl groups excluding tert-OH is 1. The lowest BCUT2D eigenvalue weighted by molar-refractivity contribution is 0.0626. The van der Waals surface area contributed by atoms with Crippen LogP contribution in [0.2, 0.25) is 0 Å². The van der Waals surface area contributed by atoms with Gasteiger partial charge in [-0.1, -0.05) is 32.9 Å². The molecule has 0 saturated carbocycles. The Kier molecular flexibility index (Phi) is 4.69. The summed E-state index contributed by atoms with van der Waals surface area (Å²) in [7, 11) is 0. The van der Waals surface area contributed by atoms with Crippen LogP contribution in [0.1, 0.15) is 43.7 Å². The van der Waals surface area contributed by atoms with Gasteiger partial charge in [0.05, 0.1) is 6.10 Å². The zero-order valence-electron chi connectivity index (χ0n) is 13.2.